The van der Waals surface area contributed by atoms with Crippen LogP contribution in [0.1, 0.15) is 24.1 Å². The number of esters is 1. The van der Waals surface area contributed by atoms with Crippen LogP contribution in [0.25, 0.3) is 6.08 Å². The zero-order valence-electron chi connectivity index (χ0n) is 17.1. The molecule has 0 spiro atoms. The summed E-state index contributed by atoms with van der Waals surface area (Å²) in [5, 5.41) is 0.548. The molecule has 0 unspecified atom stereocenters. The lowest BCUT2D eigenvalue weighted by molar-refractivity contribution is -0.136. The minimum Gasteiger partial charge on any atom is -0.497 e. The quantitative estimate of drug-likeness (QED) is 0.568. The lowest BCUT2D eigenvalue weighted by Crippen LogP contribution is -2.39. The third kappa shape index (κ3) is 3.82. The Kier molecular flexibility index (Phi) is 5.80. The van der Waals surface area contributed by atoms with E-state index in [1.807, 2.05) is 30.3 Å². The Morgan fingerprint density at radius 3 is 2.52 bits per heavy atom. The molecular formula is C23H19ClN2O4S. The number of halogens is 1. The molecule has 3 aromatic rings. The van der Waals surface area contributed by atoms with Gasteiger partial charge in [0.05, 0.1) is 36.1 Å². The molecule has 2 aromatic carbocycles. The molecule has 0 saturated heterocycles. The van der Waals surface area contributed by atoms with Crippen LogP contribution in [0.3, 0.4) is 0 Å². The third-order valence-corrected chi connectivity index (χ3v) is 6.38. The number of carbonyl (C=O) groups is 1. The molecule has 0 bridgehead atoms. The number of hydrogen-bond acceptors (Lipinski definition) is 6. The standard InChI is InChI=1S/C23H19ClN2O4S/c1-13-19(22(28)30-3)20(14-8-10-16(29-2)11-9-14)26-21(27)18(31-23(26)25-13)12-15-6-4-5-7-17(15)24/h4-12,20H,1-3H3/b18-12+/t20-/m1/s1. The molecule has 158 valence electrons. The van der Waals surface area contributed by atoms with Gasteiger partial charge in [-0.05, 0) is 42.3 Å². The van der Waals surface area contributed by atoms with E-state index in [9.17, 15) is 9.59 Å². The minimum atomic E-state index is -0.664. The summed E-state index contributed by atoms with van der Waals surface area (Å²) >= 11 is 7.53. The Balaban J connectivity index is 1.97. The van der Waals surface area contributed by atoms with Crippen LogP contribution in [0.15, 0.2) is 69.6 Å². The van der Waals surface area contributed by atoms with Crippen molar-refractivity contribution >= 4 is 35.0 Å². The maximum Gasteiger partial charge on any atom is 0.338 e. The molecule has 0 saturated carbocycles. The normalized spacial score (nSPS) is 16.0. The van der Waals surface area contributed by atoms with Gasteiger partial charge in [-0.2, -0.15) is 0 Å². The van der Waals surface area contributed by atoms with Gasteiger partial charge in [-0.3, -0.25) is 9.36 Å². The fourth-order valence-corrected chi connectivity index (χ4v) is 4.76. The SMILES string of the molecule is COC(=O)C1=C(C)N=c2s/c(=C/c3ccccc3Cl)c(=O)n2[C@@H]1c1ccc(OC)cc1. The third-order valence-electron chi connectivity index (χ3n) is 5.05. The van der Waals surface area contributed by atoms with E-state index in [0.29, 0.717) is 31.4 Å². The second-order valence-electron chi connectivity index (χ2n) is 6.87. The van der Waals surface area contributed by atoms with Gasteiger partial charge >= 0.3 is 5.97 Å². The van der Waals surface area contributed by atoms with Gasteiger partial charge in [-0.15, -0.1) is 0 Å². The van der Waals surface area contributed by atoms with E-state index in [1.165, 1.54) is 23.0 Å². The molecule has 0 N–H and O–H groups in total. The number of methoxy groups -OCH3 is 2. The Hall–Kier alpha value is -3.16. The number of rotatable bonds is 4. The highest BCUT2D eigenvalue weighted by Crippen LogP contribution is 2.31. The summed E-state index contributed by atoms with van der Waals surface area (Å²) in [7, 11) is 2.90. The first-order valence-electron chi connectivity index (χ1n) is 9.44. The van der Waals surface area contributed by atoms with Gasteiger partial charge in [-0.25, -0.2) is 9.79 Å². The van der Waals surface area contributed by atoms with E-state index in [4.69, 9.17) is 21.1 Å². The maximum atomic E-state index is 13.4. The summed E-state index contributed by atoms with van der Waals surface area (Å²) < 4.78 is 12.3. The number of aromatic nitrogens is 1. The van der Waals surface area contributed by atoms with Crippen molar-refractivity contribution in [1.29, 1.82) is 0 Å². The van der Waals surface area contributed by atoms with Crippen molar-refractivity contribution in [1.82, 2.24) is 4.57 Å². The predicted octanol–water partition coefficient (Wildman–Crippen LogP) is 3.07. The van der Waals surface area contributed by atoms with Crippen LogP contribution in [0.2, 0.25) is 5.02 Å². The summed E-state index contributed by atoms with van der Waals surface area (Å²) in [6, 6.07) is 13.9. The van der Waals surface area contributed by atoms with E-state index in [2.05, 4.69) is 4.99 Å². The van der Waals surface area contributed by atoms with Crippen LogP contribution >= 0.6 is 22.9 Å². The first-order chi connectivity index (χ1) is 14.9. The van der Waals surface area contributed by atoms with Gasteiger partial charge in [0.1, 0.15) is 5.75 Å². The first-order valence-corrected chi connectivity index (χ1v) is 10.6. The maximum absolute atomic E-state index is 13.4. The molecule has 2 heterocycles. The minimum absolute atomic E-state index is 0.251. The molecule has 1 aromatic heterocycles. The Labute approximate surface area is 187 Å². The number of thiazole rings is 1. The Bertz CT molecular complexity index is 1370. The van der Waals surface area contributed by atoms with Crippen molar-refractivity contribution in [3.05, 3.63) is 95.6 Å². The van der Waals surface area contributed by atoms with Crippen LogP contribution in [0, 0.1) is 0 Å². The van der Waals surface area contributed by atoms with E-state index in [0.717, 1.165) is 11.1 Å². The van der Waals surface area contributed by atoms with Crippen molar-refractivity contribution in [3.63, 3.8) is 0 Å². The van der Waals surface area contributed by atoms with Crippen molar-refractivity contribution in [2.75, 3.05) is 14.2 Å². The summed E-state index contributed by atoms with van der Waals surface area (Å²) in [4.78, 5) is 31.1. The number of fused-ring (bicyclic) bond motifs is 1. The highest BCUT2D eigenvalue weighted by molar-refractivity contribution is 7.07. The van der Waals surface area contributed by atoms with E-state index < -0.39 is 12.0 Å². The highest BCUT2D eigenvalue weighted by atomic mass is 35.5. The van der Waals surface area contributed by atoms with E-state index >= 15 is 0 Å². The number of nitrogens with zero attached hydrogens (tertiary/aromatic N) is 2. The monoisotopic (exact) mass is 454 g/mol. The molecule has 1 atom stereocenters. The Morgan fingerprint density at radius 1 is 1.16 bits per heavy atom. The fraction of sp³-hybridized carbons (Fsp3) is 0.174. The predicted molar refractivity (Wildman–Crippen MR) is 120 cm³/mol. The number of carbonyl (C=O) groups excluding carboxylic acids is 1. The second-order valence-corrected chi connectivity index (χ2v) is 8.28. The largest absolute Gasteiger partial charge is 0.497 e. The molecule has 31 heavy (non-hydrogen) atoms. The summed E-state index contributed by atoms with van der Waals surface area (Å²) in [6.07, 6.45) is 1.74. The van der Waals surface area contributed by atoms with Gasteiger partial charge in [0.15, 0.2) is 4.80 Å². The molecule has 1 aliphatic heterocycles. The van der Waals surface area contributed by atoms with Crippen molar-refractivity contribution in [2.45, 2.75) is 13.0 Å². The fourth-order valence-electron chi connectivity index (χ4n) is 3.53. The average molecular weight is 455 g/mol. The number of hydrogen-bond donors (Lipinski definition) is 0. The van der Waals surface area contributed by atoms with E-state index in [-0.39, 0.29) is 5.56 Å². The summed E-state index contributed by atoms with van der Waals surface area (Å²) in [5.74, 6) is 0.151. The number of ether oxygens (including phenoxy) is 2. The second kappa shape index (κ2) is 8.53. The highest BCUT2D eigenvalue weighted by Gasteiger charge is 2.33. The lowest BCUT2D eigenvalue weighted by atomic mass is 9.96. The van der Waals surface area contributed by atoms with Crippen molar-refractivity contribution in [2.24, 2.45) is 4.99 Å². The van der Waals surface area contributed by atoms with Crippen LogP contribution < -0.4 is 19.6 Å². The summed E-state index contributed by atoms with van der Waals surface area (Å²) in [6.45, 7) is 1.74. The van der Waals surface area contributed by atoms with Crippen molar-refractivity contribution < 1.29 is 14.3 Å². The van der Waals surface area contributed by atoms with Crippen molar-refractivity contribution in [3.8, 4) is 5.75 Å². The molecule has 8 heteroatoms. The van der Waals surface area contributed by atoms with Gasteiger partial charge in [0.25, 0.3) is 5.56 Å². The number of benzene rings is 2. The lowest BCUT2D eigenvalue weighted by Gasteiger charge is -2.24. The van der Waals surface area contributed by atoms with Crippen LogP contribution in [-0.4, -0.2) is 24.8 Å². The van der Waals surface area contributed by atoms with Gasteiger partial charge in [0, 0.05) is 5.02 Å². The molecule has 1 aliphatic rings. The van der Waals surface area contributed by atoms with Crippen LogP contribution in [0.5, 0.6) is 5.75 Å². The van der Waals surface area contributed by atoms with Crippen LogP contribution in [-0.2, 0) is 9.53 Å². The zero-order chi connectivity index (χ0) is 22.1. The van der Waals surface area contributed by atoms with Gasteiger partial charge in [-0.1, -0.05) is 53.3 Å². The number of allylic oxidation sites excluding steroid dienone is 1. The summed E-state index contributed by atoms with van der Waals surface area (Å²) in [5.41, 5.74) is 2.07. The molecule has 0 amide bonds. The van der Waals surface area contributed by atoms with Gasteiger partial charge in [0.2, 0.25) is 0 Å². The zero-order valence-corrected chi connectivity index (χ0v) is 18.7. The average Bonchev–Trinajstić information content (AvgIpc) is 3.08. The molecule has 0 aliphatic carbocycles. The topological polar surface area (TPSA) is 69.9 Å². The van der Waals surface area contributed by atoms with Gasteiger partial charge < -0.3 is 9.47 Å². The molecule has 4 rings (SSSR count). The smallest absolute Gasteiger partial charge is 0.338 e. The first kappa shape index (κ1) is 21.1. The molecule has 0 radical (unpaired) electrons. The molecule has 6 nitrogen and oxygen atoms in total. The molecular weight excluding hydrogens is 436 g/mol. The Morgan fingerprint density at radius 2 is 1.87 bits per heavy atom. The van der Waals surface area contributed by atoms with E-state index in [1.54, 1.807) is 38.3 Å². The molecule has 0 fully saturated rings. The van der Waals surface area contributed by atoms with Crippen LogP contribution in [0.4, 0.5) is 0 Å².